The number of nitrogens with one attached hydrogen (secondary N) is 1. The third kappa shape index (κ3) is 3.18. The molecule has 28 heavy (non-hydrogen) atoms. The van der Waals surface area contributed by atoms with Gasteiger partial charge >= 0.3 is 6.09 Å². The Morgan fingerprint density at radius 3 is 2.25 bits per heavy atom. The van der Waals surface area contributed by atoms with Gasteiger partial charge in [-0.15, -0.1) is 0 Å². The molecule has 7 heteroatoms. The average molecular weight is 399 g/mol. The summed E-state index contributed by atoms with van der Waals surface area (Å²) < 4.78 is 21.8. The smallest absolute Gasteiger partial charge is 0.413 e. The number of carbonyl (C=O) groups excluding carboxylic acids is 1. The lowest BCUT2D eigenvalue weighted by Gasteiger charge is -2.28. The van der Waals surface area contributed by atoms with Crippen molar-refractivity contribution in [1.29, 1.82) is 0 Å². The van der Waals surface area contributed by atoms with Crippen LogP contribution in [-0.4, -0.2) is 27.4 Å². The molecule has 0 radical (unpaired) electrons. The lowest BCUT2D eigenvalue weighted by molar-refractivity contribution is 0.192. The minimum Gasteiger partial charge on any atom is -0.493 e. The zero-order valence-corrected chi connectivity index (χ0v) is 16.7. The molecule has 0 saturated heterocycles. The normalized spacial score (nSPS) is 15.0. The van der Waals surface area contributed by atoms with E-state index in [2.05, 4.69) is 5.32 Å². The van der Waals surface area contributed by atoms with Crippen molar-refractivity contribution in [2.75, 3.05) is 21.3 Å². The summed E-state index contributed by atoms with van der Waals surface area (Å²) in [5.74, 6) is 2.11. The van der Waals surface area contributed by atoms with E-state index in [9.17, 15) is 4.79 Å². The molecule has 6 nitrogen and oxygen atoms in total. The van der Waals surface area contributed by atoms with Crippen molar-refractivity contribution in [3.63, 3.8) is 0 Å². The van der Waals surface area contributed by atoms with Crippen molar-refractivity contribution < 1.29 is 23.7 Å². The fraction of sp³-hybridized carbons (Fsp3) is 0.190. The highest BCUT2D eigenvalue weighted by Gasteiger charge is 2.30. The molecule has 0 fully saturated rings. The molecule has 146 valence electrons. The number of rotatable bonds is 4. The third-order valence-electron chi connectivity index (χ3n) is 4.70. The van der Waals surface area contributed by atoms with E-state index >= 15 is 0 Å². The van der Waals surface area contributed by atoms with Crippen LogP contribution in [-0.2, 0) is 0 Å². The minimum absolute atomic E-state index is 0. The molecular weight excluding hydrogens is 378 g/mol. The van der Waals surface area contributed by atoms with Gasteiger partial charge in [0.25, 0.3) is 0 Å². The van der Waals surface area contributed by atoms with Crippen LogP contribution in [0.15, 0.2) is 48.5 Å². The number of methoxy groups -OCH3 is 3. The standard InChI is InChI=1S/C21H19NO5.H2S/c1-24-16-10-13(11-17(25-2)20(16)26-3)18-15-9-8-12-6-4-5-7-14(12)19(15)27-21(23)22-18;/h4-11,18H,1-3H3,(H,22,23);1H2/t18-;/m0./s1. The third-order valence-corrected chi connectivity index (χ3v) is 4.70. The number of benzene rings is 3. The van der Waals surface area contributed by atoms with E-state index in [0.29, 0.717) is 23.0 Å². The van der Waals surface area contributed by atoms with Gasteiger partial charge in [0.1, 0.15) is 5.75 Å². The molecule has 0 bridgehead atoms. The van der Waals surface area contributed by atoms with E-state index in [4.69, 9.17) is 18.9 Å². The molecular formula is C21H21NO5S. The SMILES string of the molecule is COc1cc([C@@H]2NC(=O)Oc3c2ccc2ccccc32)cc(OC)c1OC.S. The Kier molecular flexibility index (Phi) is 5.56. The van der Waals surface area contributed by atoms with Crippen LogP contribution >= 0.6 is 13.5 Å². The lowest BCUT2D eigenvalue weighted by Crippen LogP contribution is -2.36. The Balaban J connectivity index is 0.00000225. The number of hydrogen-bond donors (Lipinski definition) is 1. The first-order valence-corrected chi connectivity index (χ1v) is 8.46. The van der Waals surface area contributed by atoms with Gasteiger partial charge in [-0.1, -0.05) is 36.4 Å². The first-order valence-electron chi connectivity index (χ1n) is 8.46. The van der Waals surface area contributed by atoms with E-state index in [1.807, 2.05) is 48.5 Å². The first kappa shape index (κ1) is 19.7. The van der Waals surface area contributed by atoms with Crippen LogP contribution < -0.4 is 24.3 Å². The Morgan fingerprint density at radius 2 is 1.61 bits per heavy atom. The highest BCUT2D eigenvalue weighted by molar-refractivity contribution is 7.59. The predicted molar refractivity (Wildman–Crippen MR) is 111 cm³/mol. The fourth-order valence-electron chi connectivity index (χ4n) is 3.45. The van der Waals surface area contributed by atoms with Crippen molar-refractivity contribution in [2.24, 2.45) is 0 Å². The number of ether oxygens (including phenoxy) is 4. The van der Waals surface area contributed by atoms with Gasteiger partial charge in [0.2, 0.25) is 5.75 Å². The van der Waals surface area contributed by atoms with Crippen LogP contribution in [0.1, 0.15) is 17.2 Å². The molecule has 1 amide bonds. The van der Waals surface area contributed by atoms with Gasteiger partial charge in [0, 0.05) is 10.9 Å². The van der Waals surface area contributed by atoms with Crippen LogP contribution in [0.3, 0.4) is 0 Å². The van der Waals surface area contributed by atoms with Crippen molar-refractivity contribution in [3.05, 3.63) is 59.7 Å². The second-order valence-corrected chi connectivity index (χ2v) is 6.13. The van der Waals surface area contributed by atoms with Crippen molar-refractivity contribution in [1.82, 2.24) is 5.32 Å². The average Bonchev–Trinajstić information content (AvgIpc) is 2.71. The Morgan fingerprint density at radius 1 is 0.929 bits per heavy atom. The number of hydrogen-bond acceptors (Lipinski definition) is 5. The molecule has 0 unspecified atom stereocenters. The lowest BCUT2D eigenvalue weighted by atomic mass is 9.93. The van der Waals surface area contributed by atoms with Gasteiger partial charge in [-0.25, -0.2) is 4.79 Å². The molecule has 1 aliphatic heterocycles. The van der Waals surface area contributed by atoms with Gasteiger partial charge < -0.3 is 24.3 Å². The Hall–Kier alpha value is -3.06. The summed E-state index contributed by atoms with van der Waals surface area (Å²) in [5, 5.41) is 4.78. The van der Waals surface area contributed by atoms with Crippen LogP contribution in [0.4, 0.5) is 4.79 Å². The highest BCUT2D eigenvalue weighted by atomic mass is 32.1. The number of amides is 1. The molecule has 1 atom stereocenters. The molecule has 0 aromatic heterocycles. The largest absolute Gasteiger partial charge is 0.493 e. The summed E-state index contributed by atoms with van der Waals surface area (Å²) in [6.07, 6.45) is -0.502. The van der Waals surface area contributed by atoms with Crippen molar-refractivity contribution in [3.8, 4) is 23.0 Å². The van der Waals surface area contributed by atoms with Crippen LogP contribution in [0, 0.1) is 0 Å². The molecule has 1 N–H and O–H groups in total. The second-order valence-electron chi connectivity index (χ2n) is 6.13. The molecule has 0 saturated carbocycles. The zero-order valence-electron chi connectivity index (χ0n) is 15.7. The molecule has 0 aliphatic carbocycles. The van der Waals surface area contributed by atoms with E-state index in [0.717, 1.165) is 21.9 Å². The summed E-state index contributed by atoms with van der Waals surface area (Å²) in [4.78, 5) is 12.3. The zero-order chi connectivity index (χ0) is 19.0. The van der Waals surface area contributed by atoms with E-state index < -0.39 is 12.1 Å². The summed E-state index contributed by atoms with van der Waals surface area (Å²) in [6, 6.07) is 15.0. The second kappa shape index (κ2) is 7.90. The van der Waals surface area contributed by atoms with Crippen LogP contribution in [0.5, 0.6) is 23.0 Å². The summed E-state index contributed by atoms with van der Waals surface area (Å²) in [5.41, 5.74) is 1.67. The Bertz CT molecular complexity index is 1010. The maximum absolute atomic E-state index is 12.3. The van der Waals surface area contributed by atoms with Crippen molar-refractivity contribution >= 4 is 30.4 Å². The van der Waals surface area contributed by atoms with Gasteiger partial charge in [-0.3, -0.25) is 0 Å². The van der Waals surface area contributed by atoms with Gasteiger partial charge in [-0.2, -0.15) is 13.5 Å². The maximum atomic E-state index is 12.3. The van der Waals surface area contributed by atoms with E-state index in [-0.39, 0.29) is 13.5 Å². The number of fused-ring (bicyclic) bond motifs is 3. The molecule has 3 aromatic carbocycles. The minimum atomic E-state index is -0.502. The quantitative estimate of drug-likeness (QED) is 0.713. The van der Waals surface area contributed by atoms with E-state index in [1.54, 1.807) is 21.3 Å². The molecule has 3 aromatic rings. The van der Waals surface area contributed by atoms with Gasteiger partial charge in [-0.05, 0) is 23.1 Å². The number of carbonyl (C=O) groups is 1. The predicted octanol–water partition coefficient (Wildman–Crippen LogP) is 4.17. The van der Waals surface area contributed by atoms with Gasteiger partial charge in [0.05, 0.1) is 27.4 Å². The topological polar surface area (TPSA) is 66.0 Å². The van der Waals surface area contributed by atoms with Crippen LogP contribution in [0.25, 0.3) is 10.8 Å². The maximum Gasteiger partial charge on any atom is 0.413 e. The fourth-order valence-corrected chi connectivity index (χ4v) is 3.45. The molecule has 1 heterocycles. The highest BCUT2D eigenvalue weighted by Crippen LogP contribution is 2.44. The first-order chi connectivity index (χ1) is 13.2. The summed E-state index contributed by atoms with van der Waals surface area (Å²) in [7, 11) is 4.67. The van der Waals surface area contributed by atoms with E-state index in [1.165, 1.54) is 0 Å². The van der Waals surface area contributed by atoms with Gasteiger partial charge in [0.15, 0.2) is 11.5 Å². The molecule has 4 rings (SSSR count). The monoisotopic (exact) mass is 399 g/mol. The van der Waals surface area contributed by atoms with Crippen molar-refractivity contribution in [2.45, 2.75) is 6.04 Å². The molecule has 1 aliphatic rings. The van der Waals surface area contributed by atoms with Crippen LogP contribution in [0.2, 0.25) is 0 Å². The molecule has 0 spiro atoms. The summed E-state index contributed by atoms with van der Waals surface area (Å²) in [6.45, 7) is 0. The summed E-state index contributed by atoms with van der Waals surface area (Å²) >= 11 is 0. The Labute approximate surface area is 169 Å².